The van der Waals surface area contributed by atoms with Crippen molar-refractivity contribution in [3.63, 3.8) is 0 Å². The van der Waals surface area contributed by atoms with Crippen LogP contribution < -0.4 is 10.6 Å². The van der Waals surface area contributed by atoms with E-state index in [0.717, 1.165) is 18.5 Å². The number of hydrogen-bond acceptors (Lipinski definition) is 3. The Morgan fingerprint density at radius 1 is 1.05 bits per heavy atom. The van der Waals surface area contributed by atoms with Gasteiger partial charge >= 0.3 is 0 Å². The molecular weight excluding hydrogens is 278 g/mol. The highest BCUT2D eigenvalue weighted by atomic mass is 16.2. The predicted octanol–water partition coefficient (Wildman–Crippen LogP) is 1.90. The fraction of sp³-hybridized carbons (Fsp3) is 0.235. The molecule has 1 aliphatic rings. The third-order valence-corrected chi connectivity index (χ3v) is 3.46. The molecule has 0 atom stereocenters. The van der Waals surface area contributed by atoms with E-state index in [9.17, 15) is 9.59 Å². The molecule has 5 nitrogen and oxygen atoms in total. The molecule has 2 amide bonds. The second-order valence-electron chi connectivity index (χ2n) is 5.33. The smallest absolute Gasteiger partial charge is 0.251 e. The van der Waals surface area contributed by atoms with E-state index in [1.54, 1.807) is 30.5 Å². The summed E-state index contributed by atoms with van der Waals surface area (Å²) in [5.41, 5.74) is 1.77. The summed E-state index contributed by atoms with van der Waals surface area (Å²) in [4.78, 5) is 28.3. The van der Waals surface area contributed by atoms with Gasteiger partial charge in [-0.3, -0.25) is 14.6 Å². The monoisotopic (exact) mass is 295 g/mol. The van der Waals surface area contributed by atoms with Crippen LogP contribution in [0.15, 0.2) is 48.7 Å². The van der Waals surface area contributed by atoms with Crippen LogP contribution in [0.25, 0.3) is 0 Å². The first-order valence-electron chi connectivity index (χ1n) is 7.31. The lowest BCUT2D eigenvalue weighted by Gasteiger charge is -2.07. The summed E-state index contributed by atoms with van der Waals surface area (Å²) >= 11 is 0. The Morgan fingerprint density at radius 2 is 1.82 bits per heavy atom. The summed E-state index contributed by atoms with van der Waals surface area (Å²) in [6.07, 6.45) is 3.76. The molecule has 1 aliphatic carbocycles. The Bertz CT molecular complexity index is 681. The second-order valence-corrected chi connectivity index (χ2v) is 5.33. The van der Waals surface area contributed by atoms with Crippen molar-refractivity contribution in [3.05, 3.63) is 65.5 Å². The van der Waals surface area contributed by atoms with Crippen molar-refractivity contribution in [2.24, 2.45) is 0 Å². The van der Waals surface area contributed by atoms with Gasteiger partial charge in [0.1, 0.15) is 0 Å². The molecular formula is C17H17N3O2. The molecule has 5 heteroatoms. The zero-order chi connectivity index (χ0) is 15.4. The average molecular weight is 295 g/mol. The number of aromatic nitrogens is 1. The van der Waals surface area contributed by atoms with E-state index < -0.39 is 0 Å². The molecule has 1 saturated carbocycles. The summed E-state index contributed by atoms with van der Waals surface area (Å²) in [5, 5.41) is 5.71. The summed E-state index contributed by atoms with van der Waals surface area (Å²) in [6.45, 7) is 0.359. The van der Waals surface area contributed by atoms with Crippen molar-refractivity contribution in [1.82, 2.24) is 15.6 Å². The third-order valence-electron chi connectivity index (χ3n) is 3.46. The van der Waals surface area contributed by atoms with Crippen molar-refractivity contribution in [1.29, 1.82) is 0 Å². The maximum Gasteiger partial charge on any atom is 0.251 e. The van der Waals surface area contributed by atoms with E-state index in [4.69, 9.17) is 0 Å². The molecule has 112 valence electrons. The zero-order valence-corrected chi connectivity index (χ0v) is 12.1. The van der Waals surface area contributed by atoms with Gasteiger partial charge in [0.25, 0.3) is 11.8 Å². The SMILES string of the molecule is O=C(NCc1ccccn1)c1cccc(C(=O)NC2CC2)c1. The molecule has 0 radical (unpaired) electrons. The van der Waals surface area contributed by atoms with E-state index in [0.29, 0.717) is 23.7 Å². The minimum Gasteiger partial charge on any atom is -0.349 e. The molecule has 0 unspecified atom stereocenters. The minimum absolute atomic E-state index is 0.123. The molecule has 0 bridgehead atoms. The molecule has 1 heterocycles. The largest absolute Gasteiger partial charge is 0.349 e. The molecule has 1 fully saturated rings. The first kappa shape index (κ1) is 14.3. The normalized spacial score (nSPS) is 13.5. The molecule has 22 heavy (non-hydrogen) atoms. The molecule has 0 aliphatic heterocycles. The van der Waals surface area contributed by atoms with Gasteiger partial charge in [-0.1, -0.05) is 12.1 Å². The fourth-order valence-corrected chi connectivity index (χ4v) is 2.07. The highest BCUT2D eigenvalue weighted by molar-refractivity contribution is 5.99. The van der Waals surface area contributed by atoms with Gasteiger partial charge in [-0.2, -0.15) is 0 Å². The first-order chi connectivity index (χ1) is 10.7. The van der Waals surface area contributed by atoms with E-state index in [-0.39, 0.29) is 11.8 Å². The van der Waals surface area contributed by atoms with E-state index in [1.807, 2.05) is 18.2 Å². The van der Waals surface area contributed by atoms with Gasteiger partial charge < -0.3 is 10.6 Å². The van der Waals surface area contributed by atoms with Crippen LogP contribution in [-0.4, -0.2) is 22.8 Å². The van der Waals surface area contributed by atoms with E-state index >= 15 is 0 Å². The quantitative estimate of drug-likeness (QED) is 0.885. The van der Waals surface area contributed by atoms with Crippen LogP contribution in [0.5, 0.6) is 0 Å². The number of pyridine rings is 1. The fourth-order valence-electron chi connectivity index (χ4n) is 2.07. The van der Waals surface area contributed by atoms with Gasteiger partial charge in [0.15, 0.2) is 0 Å². The standard InChI is InChI=1S/C17H17N3O2/c21-16(19-11-15-6-1-2-9-18-15)12-4-3-5-13(10-12)17(22)20-14-7-8-14/h1-6,9-10,14H,7-8,11H2,(H,19,21)(H,20,22). The summed E-state index contributed by atoms with van der Waals surface area (Å²) in [7, 11) is 0. The molecule has 0 spiro atoms. The average Bonchev–Trinajstić information content (AvgIpc) is 3.37. The lowest BCUT2D eigenvalue weighted by atomic mass is 10.1. The lowest BCUT2D eigenvalue weighted by Crippen LogP contribution is -2.27. The zero-order valence-electron chi connectivity index (χ0n) is 12.1. The molecule has 1 aromatic carbocycles. The van der Waals surface area contributed by atoms with Crippen LogP contribution in [0.1, 0.15) is 39.3 Å². The Morgan fingerprint density at radius 3 is 2.50 bits per heavy atom. The van der Waals surface area contributed by atoms with E-state index in [1.165, 1.54) is 0 Å². The van der Waals surface area contributed by atoms with Gasteiger partial charge in [0.05, 0.1) is 12.2 Å². The number of carbonyl (C=O) groups excluding carboxylic acids is 2. The van der Waals surface area contributed by atoms with Crippen molar-refractivity contribution >= 4 is 11.8 Å². The molecule has 2 aromatic rings. The number of carbonyl (C=O) groups is 2. The second kappa shape index (κ2) is 6.39. The summed E-state index contributed by atoms with van der Waals surface area (Å²) < 4.78 is 0. The number of benzene rings is 1. The highest BCUT2D eigenvalue weighted by Gasteiger charge is 2.24. The van der Waals surface area contributed by atoms with Crippen LogP contribution in [0.3, 0.4) is 0 Å². The van der Waals surface area contributed by atoms with Gasteiger partial charge in [-0.25, -0.2) is 0 Å². The molecule has 1 aromatic heterocycles. The van der Waals surface area contributed by atoms with Crippen molar-refractivity contribution in [3.8, 4) is 0 Å². The van der Waals surface area contributed by atoms with Crippen molar-refractivity contribution < 1.29 is 9.59 Å². The molecule has 0 saturated heterocycles. The van der Waals surface area contributed by atoms with E-state index in [2.05, 4.69) is 15.6 Å². The van der Waals surface area contributed by atoms with Crippen LogP contribution >= 0.6 is 0 Å². The van der Waals surface area contributed by atoms with Crippen LogP contribution in [-0.2, 0) is 6.54 Å². The van der Waals surface area contributed by atoms with Crippen molar-refractivity contribution in [2.45, 2.75) is 25.4 Å². The van der Waals surface area contributed by atoms with Crippen LogP contribution in [0.2, 0.25) is 0 Å². The van der Waals surface area contributed by atoms with Crippen molar-refractivity contribution in [2.75, 3.05) is 0 Å². The lowest BCUT2D eigenvalue weighted by molar-refractivity contribution is 0.0950. The Hall–Kier alpha value is -2.69. The number of nitrogens with zero attached hydrogens (tertiary/aromatic N) is 1. The van der Waals surface area contributed by atoms with Gasteiger partial charge in [-0.15, -0.1) is 0 Å². The summed E-state index contributed by atoms with van der Waals surface area (Å²) in [6, 6.07) is 12.6. The number of amides is 2. The maximum absolute atomic E-state index is 12.2. The van der Waals surface area contributed by atoms with Crippen LogP contribution in [0.4, 0.5) is 0 Å². The summed E-state index contributed by atoms with van der Waals surface area (Å²) in [5.74, 6) is -0.339. The number of nitrogens with one attached hydrogen (secondary N) is 2. The van der Waals surface area contributed by atoms with Gasteiger partial charge in [-0.05, 0) is 43.2 Å². The van der Waals surface area contributed by atoms with Gasteiger partial charge in [0, 0.05) is 23.4 Å². The molecule has 2 N–H and O–H groups in total. The Kier molecular flexibility index (Phi) is 4.14. The molecule has 3 rings (SSSR count). The minimum atomic E-state index is -0.216. The van der Waals surface area contributed by atoms with Gasteiger partial charge in [0.2, 0.25) is 0 Å². The first-order valence-corrected chi connectivity index (χ1v) is 7.31. The number of rotatable bonds is 5. The Labute approximate surface area is 128 Å². The van der Waals surface area contributed by atoms with Crippen LogP contribution in [0, 0.1) is 0 Å². The topological polar surface area (TPSA) is 71.1 Å². The maximum atomic E-state index is 12.2. The number of hydrogen-bond donors (Lipinski definition) is 2. The highest BCUT2D eigenvalue weighted by Crippen LogP contribution is 2.19. The Balaban J connectivity index is 1.63. The third kappa shape index (κ3) is 3.69. The predicted molar refractivity (Wildman–Crippen MR) is 82.3 cm³/mol.